The number of amides is 4. The van der Waals surface area contributed by atoms with Crippen molar-refractivity contribution in [2.45, 2.75) is 32.2 Å². The molecule has 2 saturated heterocycles. The van der Waals surface area contributed by atoms with Crippen molar-refractivity contribution in [2.24, 2.45) is 0 Å². The van der Waals surface area contributed by atoms with Crippen LogP contribution in [0.4, 0.5) is 4.79 Å². The van der Waals surface area contributed by atoms with Crippen molar-refractivity contribution in [1.29, 1.82) is 0 Å². The number of ether oxygens (including phenoxy) is 1. The van der Waals surface area contributed by atoms with Gasteiger partial charge >= 0.3 is 6.03 Å². The minimum Gasteiger partial charge on any atom is -0.484 e. The third-order valence-corrected chi connectivity index (χ3v) is 4.82. The van der Waals surface area contributed by atoms with E-state index in [9.17, 15) is 14.4 Å². The van der Waals surface area contributed by atoms with E-state index in [1.165, 1.54) is 5.56 Å². The van der Waals surface area contributed by atoms with Crippen LogP contribution < -0.4 is 15.4 Å². The van der Waals surface area contributed by atoms with Crippen LogP contribution in [0.1, 0.15) is 24.0 Å². The molecule has 0 unspecified atom stereocenters. The summed E-state index contributed by atoms with van der Waals surface area (Å²) in [5.41, 5.74) is 1.43. The number of nitrogens with one attached hydrogen (secondary N) is 2. The summed E-state index contributed by atoms with van der Waals surface area (Å²) in [6, 6.07) is 5.25. The highest BCUT2D eigenvalue weighted by Gasteiger charge is 2.48. The van der Waals surface area contributed by atoms with E-state index in [0.29, 0.717) is 31.7 Å². The highest BCUT2D eigenvalue weighted by molar-refractivity contribution is 6.07. The SMILES string of the molecule is Cc1ccc(OCC(=O)N2CCC3(CC2)NC(=O)NC3=O)cc1C. The zero-order valence-electron chi connectivity index (χ0n) is 13.8. The van der Waals surface area contributed by atoms with Crippen molar-refractivity contribution >= 4 is 17.8 Å². The number of urea groups is 1. The molecule has 0 aromatic heterocycles. The molecule has 0 saturated carbocycles. The van der Waals surface area contributed by atoms with Gasteiger partial charge in [0.2, 0.25) is 0 Å². The number of imide groups is 1. The third kappa shape index (κ3) is 3.06. The molecule has 0 radical (unpaired) electrons. The Balaban J connectivity index is 1.53. The smallest absolute Gasteiger partial charge is 0.322 e. The van der Waals surface area contributed by atoms with Gasteiger partial charge in [0.1, 0.15) is 11.3 Å². The fourth-order valence-corrected chi connectivity index (χ4v) is 3.06. The molecule has 0 atom stereocenters. The molecular formula is C17H21N3O4. The lowest BCUT2D eigenvalue weighted by atomic mass is 9.88. The molecule has 1 aromatic rings. The molecule has 24 heavy (non-hydrogen) atoms. The van der Waals surface area contributed by atoms with E-state index >= 15 is 0 Å². The maximum absolute atomic E-state index is 12.3. The van der Waals surface area contributed by atoms with Crippen LogP contribution in [0.5, 0.6) is 5.75 Å². The summed E-state index contributed by atoms with van der Waals surface area (Å²) >= 11 is 0. The van der Waals surface area contributed by atoms with E-state index in [-0.39, 0.29) is 18.4 Å². The molecule has 1 spiro atoms. The van der Waals surface area contributed by atoms with Gasteiger partial charge in [-0.2, -0.15) is 0 Å². The zero-order valence-corrected chi connectivity index (χ0v) is 13.8. The Morgan fingerprint density at radius 1 is 1.21 bits per heavy atom. The van der Waals surface area contributed by atoms with Gasteiger partial charge in [-0.05, 0) is 49.9 Å². The number of aryl methyl sites for hydroxylation is 2. The summed E-state index contributed by atoms with van der Waals surface area (Å²) in [5.74, 6) is 0.251. The number of hydrogen-bond acceptors (Lipinski definition) is 4. The fraction of sp³-hybridized carbons (Fsp3) is 0.471. The van der Waals surface area contributed by atoms with Crippen LogP contribution in [0.2, 0.25) is 0 Å². The van der Waals surface area contributed by atoms with Crippen LogP contribution in [0.15, 0.2) is 18.2 Å². The number of likely N-dealkylation sites (tertiary alicyclic amines) is 1. The number of piperidine rings is 1. The average Bonchev–Trinajstić information content (AvgIpc) is 2.82. The van der Waals surface area contributed by atoms with E-state index in [4.69, 9.17) is 4.74 Å². The Kier molecular flexibility index (Phi) is 4.17. The minimum atomic E-state index is -0.858. The van der Waals surface area contributed by atoms with Gasteiger partial charge in [-0.3, -0.25) is 14.9 Å². The van der Waals surface area contributed by atoms with Crippen LogP contribution in [0, 0.1) is 13.8 Å². The maximum Gasteiger partial charge on any atom is 0.322 e. The molecule has 2 aliphatic heterocycles. The molecular weight excluding hydrogens is 310 g/mol. The molecule has 1 aromatic carbocycles. The number of benzene rings is 1. The van der Waals surface area contributed by atoms with Gasteiger partial charge in [0.15, 0.2) is 6.61 Å². The summed E-state index contributed by atoms with van der Waals surface area (Å²) in [6.45, 7) is 4.82. The molecule has 4 amide bonds. The molecule has 0 bridgehead atoms. The van der Waals surface area contributed by atoms with Gasteiger partial charge in [-0.25, -0.2) is 4.79 Å². The van der Waals surface area contributed by atoms with E-state index in [0.717, 1.165) is 5.56 Å². The molecule has 0 aliphatic carbocycles. The number of hydrogen-bond donors (Lipinski definition) is 2. The molecule has 128 valence electrons. The van der Waals surface area contributed by atoms with Crippen molar-refractivity contribution in [2.75, 3.05) is 19.7 Å². The Morgan fingerprint density at radius 3 is 2.50 bits per heavy atom. The van der Waals surface area contributed by atoms with E-state index in [1.807, 2.05) is 32.0 Å². The van der Waals surface area contributed by atoms with Crippen LogP contribution in [-0.4, -0.2) is 48.0 Å². The second-order valence-electron chi connectivity index (χ2n) is 6.41. The van der Waals surface area contributed by atoms with Crippen LogP contribution in [-0.2, 0) is 9.59 Å². The first-order valence-electron chi connectivity index (χ1n) is 8.01. The maximum atomic E-state index is 12.3. The van der Waals surface area contributed by atoms with Crippen molar-refractivity contribution in [3.05, 3.63) is 29.3 Å². The number of rotatable bonds is 3. The van der Waals surface area contributed by atoms with Gasteiger partial charge in [-0.15, -0.1) is 0 Å². The van der Waals surface area contributed by atoms with Gasteiger partial charge in [0.25, 0.3) is 11.8 Å². The van der Waals surface area contributed by atoms with E-state index < -0.39 is 11.6 Å². The molecule has 2 N–H and O–H groups in total. The second-order valence-corrected chi connectivity index (χ2v) is 6.41. The Hall–Kier alpha value is -2.57. The molecule has 2 heterocycles. The highest BCUT2D eigenvalue weighted by atomic mass is 16.5. The summed E-state index contributed by atoms with van der Waals surface area (Å²) in [6.07, 6.45) is 0.833. The lowest BCUT2D eigenvalue weighted by Gasteiger charge is -2.36. The first-order valence-corrected chi connectivity index (χ1v) is 8.01. The summed E-state index contributed by atoms with van der Waals surface area (Å²) in [5, 5.41) is 4.94. The predicted molar refractivity (Wildman–Crippen MR) is 86.6 cm³/mol. The van der Waals surface area contributed by atoms with Crippen molar-refractivity contribution in [3.8, 4) is 5.75 Å². The lowest BCUT2D eigenvalue weighted by Crippen LogP contribution is -2.56. The summed E-state index contributed by atoms with van der Waals surface area (Å²) in [4.78, 5) is 37.2. The predicted octanol–water partition coefficient (Wildman–Crippen LogP) is 0.883. The third-order valence-electron chi connectivity index (χ3n) is 4.82. The van der Waals surface area contributed by atoms with E-state index in [2.05, 4.69) is 10.6 Å². The van der Waals surface area contributed by atoms with Crippen molar-refractivity contribution < 1.29 is 19.1 Å². The van der Waals surface area contributed by atoms with Gasteiger partial charge < -0.3 is 15.0 Å². The monoisotopic (exact) mass is 331 g/mol. The molecule has 7 heteroatoms. The Bertz CT molecular complexity index is 693. The number of carbonyl (C=O) groups excluding carboxylic acids is 3. The minimum absolute atomic E-state index is 0.0337. The van der Waals surface area contributed by atoms with E-state index in [1.54, 1.807) is 4.90 Å². The van der Waals surface area contributed by atoms with Crippen molar-refractivity contribution in [1.82, 2.24) is 15.5 Å². The normalized spacial score (nSPS) is 19.2. The van der Waals surface area contributed by atoms with Gasteiger partial charge in [-0.1, -0.05) is 6.07 Å². The summed E-state index contributed by atoms with van der Waals surface area (Å²) in [7, 11) is 0. The zero-order chi connectivity index (χ0) is 17.3. The second kappa shape index (κ2) is 6.14. The standard InChI is InChI=1S/C17H21N3O4/c1-11-3-4-13(9-12(11)2)24-10-14(21)20-7-5-17(6-8-20)15(22)18-16(23)19-17/h3-4,9H,5-8,10H2,1-2H3,(H2,18,19,22,23). The molecule has 7 nitrogen and oxygen atoms in total. The average molecular weight is 331 g/mol. The number of nitrogens with zero attached hydrogens (tertiary/aromatic N) is 1. The van der Waals surface area contributed by atoms with Gasteiger partial charge in [0, 0.05) is 13.1 Å². The largest absolute Gasteiger partial charge is 0.484 e. The number of carbonyl (C=O) groups is 3. The quantitative estimate of drug-likeness (QED) is 0.805. The van der Waals surface area contributed by atoms with Crippen molar-refractivity contribution in [3.63, 3.8) is 0 Å². The Labute approximate surface area is 140 Å². The first-order chi connectivity index (χ1) is 11.4. The van der Waals surface area contributed by atoms with Crippen LogP contribution in [0.25, 0.3) is 0 Å². The fourth-order valence-electron chi connectivity index (χ4n) is 3.06. The highest BCUT2D eigenvalue weighted by Crippen LogP contribution is 2.25. The van der Waals surface area contributed by atoms with Crippen LogP contribution in [0.3, 0.4) is 0 Å². The van der Waals surface area contributed by atoms with Crippen LogP contribution >= 0.6 is 0 Å². The Morgan fingerprint density at radius 2 is 1.92 bits per heavy atom. The first kappa shape index (κ1) is 16.3. The lowest BCUT2D eigenvalue weighted by molar-refractivity contribution is -0.137. The molecule has 3 rings (SSSR count). The molecule has 2 fully saturated rings. The van der Waals surface area contributed by atoms with Gasteiger partial charge in [0.05, 0.1) is 0 Å². The summed E-state index contributed by atoms with van der Waals surface area (Å²) < 4.78 is 5.57. The topological polar surface area (TPSA) is 87.7 Å². The molecule has 2 aliphatic rings.